The number of carbonyl (C=O) groups is 2. The van der Waals surface area contributed by atoms with E-state index in [2.05, 4.69) is 5.32 Å². The molecule has 0 aliphatic rings. The van der Waals surface area contributed by atoms with Gasteiger partial charge >= 0.3 is 0 Å². The van der Waals surface area contributed by atoms with Crippen LogP contribution in [-0.2, 0) is 22.6 Å². The van der Waals surface area contributed by atoms with Gasteiger partial charge in [-0.1, -0.05) is 90.8 Å². The van der Waals surface area contributed by atoms with Crippen LogP contribution in [0.15, 0.2) is 78.9 Å². The predicted molar refractivity (Wildman–Crippen MR) is 141 cm³/mol. The van der Waals surface area contributed by atoms with E-state index in [1.165, 1.54) is 0 Å². The Labute approximate surface area is 213 Å². The molecule has 3 aromatic carbocycles. The number of rotatable bonds is 11. The third-order valence-electron chi connectivity index (χ3n) is 5.93. The molecule has 0 aliphatic heterocycles. The Morgan fingerprint density at radius 3 is 2.26 bits per heavy atom. The molecule has 2 amide bonds. The number of amides is 2. The Bertz CT molecular complexity index is 1100. The SMILES string of the molecule is CCC(C)NC(=O)C(Cc1ccccc1)N(Cc1ccc(C)cc1)C(=O)COc1ccccc1Cl. The zero-order valence-corrected chi connectivity index (χ0v) is 21.3. The minimum absolute atomic E-state index is 0.00326. The highest BCUT2D eigenvalue weighted by Gasteiger charge is 2.31. The monoisotopic (exact) mass is 492 g/mol. The lowest BCUT2D eigenvalue weighted by molar-refractivity contribution is -0.143. The van der Waals surface area contributed by atoms with Crippen molar-refractivity contribution in [2.75, 3.05) is 6.61 Å². The highest BCUT2D eigenvalue weighted by atomic mass is 35.5. The highest BCUT2D eigenvalue weighted by molar-refractivity contribution is 6.32. The Balaban J connectivity index is 1.91. The van der Waals surface area contributed by atoms with Gasteiger partial charge in [-0.15, -0.1) is 0 Å². The van der Waals surface area contributed by atoms with Crippen molar-refractivity contribution in [2.45, 2.75) is 52.2 Å². The van der Waals surface area contributed by atoms with Gasteiger partial charge in [0, 0.05) is 19.0 Å². The minimum atomic E-state index is -0.699. The highest BCUT2D eigenvalue weighted by Crippen LogP contribution is 2.23. The second-order valence-electron chi connectivity index (χ2n) is 8.75. The van der Waals surface area contributed by atoms with E-state index in [9.17, 15) is 9.59 Å². The van der Waals surface area contributed by atoms with Gasteiger partial charge < -0.3 is 15.0 Å². The molecule has 0 heterocycles. The van der Waals surface area contributed by atoms with Crippen molar-refractivity contribution in [1.29, 1.82) is 0 Å². The van der Waals surface area contributed by atoms with E-state index in [0.29, 0.717) is 17.2 Å². The zero-order valence-electron chi connectivity index (χ0n) is 20.5. The second-order valence-corrected chi connectivity index (χ2v) is 9.16. The maximum absolute atomic E-state index is 13.6. The number of nitrogens with zero attached hydrogens (tertiary/aromatic N) is 1. The topological polar surface area (TPSA) is 58.6 Å². The van der Waals surface area contributed by atoms with Crippen molar-refractivity contribution in [1.82, 2.24) is 10.2 Å². The number of carbonyl (C=O) groups excluding carboxylic acids is 2. The summed E-state index contributed by atoms with van der Waals surface area (Å²) >= 11 is 6.21. The van der Waals surface area contributed by atoms with Gasteiger partial charge in [0.2, 0.25) is 5.91 Å². The van der Waals surface area contributed by atoms with Gasteiger partial charge in [-0.25, -0.2) is 0 Å². The molecule has 0 saturated carbocycles. The van der Waals surface area contributed by atoms with E-state index >= 15 is 0 Å². The number of ether oxygens (including phenoxy) is 1. The van der Waals surface area contributed by atoms with Crippen LogP contribution in [0.2, 0.25) is 5.02 Å². The number of benzene rings is 3. The average molecular weight is 493 g/mol. The van der Waals surface area contributed by atoms with Crippen molar-refractivity contribution in [3.05, 3.63) is 101 Å². The van der Waals surface area contributed by atoms with Crippen molar-refractivity contribution in [3.63, 3.8) is 0 Å². The molecule has 0 spiro atoms. The summed E-state index contributed by atoms with van der Waals surface area (Å²) in [6, 6.07) is 24.1. The van der Waals surface area contributed by atoms with Gasteiger partial charge in [-0.2, -0.15) is 0 Å². The number of para-hydroxylation sites is 1. The van der Waals surface area contributed by atoms with Crippen molar-refractivity contribution >= 4 is 23.4 Å². The Morgan fingerprint density at radius 1 is 0.943 bits per heavy atom. The normalized spacial score (nSPS) is 12.5. The van der Waals surface area contributed by atoms with E-state index in [4.69, 9.17) is 16.3 Å². The number of hydrogen-bond acceptors (Lipinski definition) is 3. The van der Waals surface area contributed by atoms with E-state index in [1.54, 1.807) is 29.2 Å². The number of nitrogens with one attached hydrogen (secondary N) is 1. The first kappa shape index (κ1) is 26.3. The van der Waals surface area contributed by atoms with Gasteiger partial charge in [-0.05, 0) is 43.5 Å². The second kappa shape index (κ2) is 13.0. The molecule has 0 fully saturated rings. The summed E-state index contributed by atoms with van der Waals surface area (Å²) in [5.74, 6) is -0.0337. The molecule has 0 radical (unpaired) electrons. The van der Waals surface area contributed by atoms with Crippen LogP contribution in [0.3, 0.4) is 0 Å². The van der Waals surface area contributed by atoms with Crippen LogP contribution in [0.25, 0.3) is 0 Å². The van der Waals surface area contributed by atoms with Crippen LogP contribution >= 0.6 is 11.6 Å². The maximum Gasteiger partial charge on any atom is 0.261 e. The molecule has 0 saturated heterocycles. The quantitative estimate of drug-likeness (QED) is 0.380. The molecule has 0 bridgehead atoms. The molecule has 2 unspecified atom stereocenters. The van der Waals surface area contributed by atoms with Crippen LogP contribution in [0.4, 0.5) is 0 Å². The van der Waals surface area contributed by atoms with E-state index in [0.717, 1.165) is 23.1 Å². The van der Waals surface area contributed by atoms with Crippen molar-refractivity contribution < 1.29 is 14.3 Å². The number of halogens is 1. The molecule has 5 nitrogen and oxygen atoms in total. The van der Waals surface area contributed by atoms with Crippen LogP contribution in [0.5, 0.6) is 5.75 Å². The Morgan fingerprint density at radius 2 is 1.60 bits per heavy atom. The lowest BCUT2D eigenvalue weighted by Gasteiger charge is -2.32. The first-order valence-electron chi connectivity index (χ1n) is 11.9. The first-order chi connectivity index (χ1) is 16.9. The summed E-state index contributed by atoms with van der Waals surface area (Å²) in [4.78, 5) is 28.7. The van der Waals surface area contributed by atoms with Crippen LogP contribution < -0.4 is 10.1 Å². The van der Waals surface area contributed by atoms with Crippen molar-refractivity contribution in [2.24, 2.45) is 0 Å². The molecular weight excluding hydrogens is 460 g/mol. The molecule has 35 heavy (non-hydrogen) atoms. The summed E-state index contributed by atoms with van der Waals surface area (Å²) in [7, 11) is 0. The third-order valence-corrected chi connectivity index (χ3v) is 6.25. The Kier molecular flexibility index (Phi) is 9.74. The molecule has 3 rings (SSSR count). The smallest absolute Gasteiger partial charge is 0.261 e. The molecular formula is C29H33ClN2O3. The third kappa shape index (κ3) is 7.86. The molecule has 1 N–H and O–H groups in total. The largest absolute Gasteiger partial charge is 0.482 e. The lowest BCUT2D eigenvalue weighted by Crippen LogP contribution is -2.53. The van der Waals surface area contributed by atoms with Gasteiger partial charge in [0.05, 0.1) is 5.02 Å². The van der Waals surface area contributed by atoms with E-state index in [1.807, 2.05) is 75.4 Å². The fraction of sp³-hybridized carbons (Fsp3) is 0.310. The van der Waals surface area contributed by atoms with Crippen LogP contribution in [-0.4, -0.2) is 35.4 Å². The zero-order chi connectivity index (χ0) is 25.2. The van der Waals surface area contributed by atoms with Gasteiger partial charge in [0.25, 0.3) is 5.91 Å². The van der Waals surface area contributed by atoms with Gasteiger partial charge in [-0.3, -0.25) is 9.59 Å². The predicted octanol–water partition coefficient (Wildman–Crippen LogP) is 5.58. The first-order valence-corrected chi connectivity index (χ1v) is 12.3. The summed E-state index contributed by atoms with van der Waals surface area (Å²) in [6.45, 7) is 6.06. The molecule has 184 valence electrons. The van der Waals surface area contributed by atoms with E-state index < -0.39 is 6.04 Å². The van der Waals surface area contributed by atoms with Crippen LogP contribution in [0.1, 0.15) is 37.0 Å². The van der Waals surface area contributed by atoms with Crippen molar-refractivity contribution in [3.8, 4) is 5.75 Å². The molecule has 2 atom stereocenters. The van der Waals surface area contributed by atoms with Gasteiger partial charge in [0.15, 0.2) is 6.61 Å². The maximum atomic E-state index is 13.6. The minimum Gasteiger partial charge on any atom is -0.482 e. The summed E-state index contributed by atoms with van der Waals surface area (Å²) in [6.07, 6.45) is 1.19. The summed E-state index contributed by atoms with van der Waals surface area (Å²) < 4.78 is 5.76. The molecule has 6 heteroatoms. The molecule has 3 aromatic rings. The molecule has 0 aromatic heterocycles. The number of aryl methyl sites for hydroxylation is 1. The summed E-state index contributed by atoms with van der Waals surface area (Å²) in [5, 5.41) is 3.50. The van der Waals surface area contributed by atoms with Gasteiger partial charge in [0.1, 0.15) is 11.8 Å². The summed E-state index contributed by atoms with van der Waals surface area (Å²) in [5.41, 5.74) is 3.05. The average Bonchev–Trinajstić information content (AvgIpc) is 2.87. The Hall–Kier alpha value is -3.31. The fourth-order valence-corrected chi connectivity index (χ4v) is 3.86. The van der Waals surface area contributed by atoms with E-state index in [-0.39, 0.29) is 31.0 Å². The van der Waals surface area contributed by atoms with Crippen LogP contribution in [0, 0.1) is 6.92 Å². The number of hydrogen-bond donors (Lipinski definition) is 1. The molecule has 0 aliphatic carbocycles. The fourth-order valence-electron chi connectivity index (χ4n) is 3.67. The lowest BCUT2D eigenvalue weighted by atomic mass is 10.0. The standard InChI is InChI=1S/C29H33ClN2O3/c1-4-22(3)31-29(34)26(18-23-10-6-5-7-11-23)32(19-24-16-14-21(2)15-17-24)28(33)20-35-27-13-9-8-12-25(27)30/h5-17,22,26H,4,18-20H2,1-3H3,(H,31,34).